The van der Waals surface area contributed by atoms with Crippen molar-refractivity contribution < 1.29 is 14.7 Å². The van der Waals surface area contributed by atoms with E-state index in [1.807, 2.05) is 6.92 Å². The van der Waals surface area contributed by atoms with Crippen molar-refractivity contribution in [2.45, 2.75) is 71.4 Å². The van der Waals surface area contributed by atoms with Crippen molar-refractivity contribution in [2.75, 3.05) is 0 Å². The molecule has 19 heavy (non-hydrogen) atoms. The average molecular weight is 270 g/mol. The number of carbonyl (C=O) groups excluding carboxylic acids is 1. The van der Waals surface area contributed by atoms with Crippen molar-refractivity contribution in [3.63, 3.8) is 0 Å². The van der Waals surface area contributed by atoms with Crippen LogP contribution in [0.4, 0.5) is 4.79 Å². The number of carboxylic acid groups (broad SMARTS) is 1. The second-order valence-electron chi connectivity index (χ2n) is 6.31. The first-order valence-electron chi connectivity index (χ1n) is 7.11. The Balaban J connectivity index is 2.38. The first-order chi connectivity index (χ1) is 8.82. The molecule has 0 aromatic rings. The molecule has 0 aromatic heterocycles. The van der Waals surface area contributed by atoms with Gasteiger partial charge < -0.3 is 15.7 Å². The van der Waals surface area contributed by atoms with Crippen LogP contribution in [0.1, 0.15) is 59.3 Å². The van der Waals surface area contributed by atoms with Gasteiger partial charge in [-0.05, 0) is 31.1 Å². The van der Waals surface area contributed by atoms with E-state index >= 15 is 0 Å². The number of carbonyl (C=O) groups is 2. The molecular formula is C14H26N2O3. The van der Waals surface area contributed by atoms with Crippen LogP contribution in [0, 0.1) is 5.41 Å². The lowest BCUT2D eigenvalue weighted by molar-refractivity contribution is -0.137. The summed E-state index contributed by atoms with van der Waals surface area (Å²) in [6, 6.07) is -0.304. The van der Waals surface area contributed by atoms with Gasteiger partial charge in [-0.3, -0.25) is 4.79 Å². The summed E-state index contributed by atoms with van der Waals surface area (Å²) in [4.78, 5) is 22.6. The fourth-order valence-electron chi connectivity index (χ4n) is 2.76. The van der Waals surface area contributed by atoms with Gasteiger partial charge in [-0.1, -0.05) is 27.2 Å². The van der Waals surface area contributed by atoms with Gasteiger partial charge in [0, 0.05) is 12.1 Å². The molecule has 0 aromatic carbocycles. The monoisotopic (exact) mass is 270 g/mol. The minimum Gasteiger partial charge on any atom is -0.481 e. The lowest BCUT2D eigenvalue weighted by Gasteiger charge is -2.20. The number of carboxylic acids is 1. The van der Waals surface area contributed by atoms with Gasteiger partial charge in [-0.25, -0.2) is 4.79 Å². The van der Waals surface area contributed by atoms with E-state index in [-0.39, 0.29) is 24.5 Å². The summed E-state index contributed by atoms with van der Waals surface area (Å²) in [5.74, 6) is -0.874. The molecule has 0 heterocycles. The van der Waals surface area contributed by atoms with Crippen molar-refractivity contribution in [1.82, 2.24) is 10.6 Å². The van der Waals surface area contributed by atoms with E-state index in [2.05, 4.69) is 24.5 Å². The van der Waals surface area contributed by atoms with Crippen LogP contribution in [0.5, 0.6) is 0 Å². The highest BCUT2D eigenvalue weighted by Gasteiger charge is 2.31. The zero-order valence-electron chi connectivity index (χ0n) is 12.2. The van der Waals surface area contributed by atoms with E-state index in [1.165, 1.54) is 0 Å². The molecule has 1 saturated carbocycles. The third kappa shape index (κ3) is 5.94. The van der Waals surface area contributed by atoms with Crippen molar-refractivity contribution in [1.29, 1.82) is 0 Å². The van der Waals surface area contributed by atoms with Crippen molar-refractivity contribution >= 4 is 12.0 Å². The Morgan fingerprint density at radius 2 is 2.11 bits per heavy atom. The summed E-state index contributed by atoms with van der Waals surface area (Å²) in [6.45, 7) is 6.39. The maximum absolute atomic E-state index is 11.9. The second-order valence-corrected chi connectivity index (χ2v) is 6.31. The average Bonchev–Trinajstić information content (AvgIpc) is 2.56. The van der Waals surface area contributed by atoms with Crippen LogP contribution in [-0.2, 0) is 4.79 Å². The number of hydrogen-bond donors (Lipinski definition) is 3. The van der Waals surface area contributed by atoms with Crippen LogP contribution >= 0.6 is 0 Å². The Hall–Kier alpha value is -1.26. The topological polar surface area (TPSA) is 78.4 Å². The highest BCUT2D eigenvalue weighted by molar-refractivity contribution is 5.76. The van der Waals surface area contributed by atoms with Gasteiger partial charge in [0.05, 0.1) is 6.42 Å². The lowest BCUT2D eigenvalue weighted by atomic mass is 9.92. The van der Waals surface area contributed by atoms with Gasteiger partial charge in [0.2, 0.25) is 0 Å². The Labute approximate surface area is 115 Å². The quantitative estimate of drug-likeness (QED) is 0.694. The summed E-state index contributed by atoms with van der Waals surface area (Å²) >= 11 is 0. The van der Waals surface area contributed by atoms with Gasteiger partial charge in [-0.2, -0.15) is 0 Å². The zero-order valence-corrected chi connectivity index (χ0v) is 12.2. The molecule has 0 radical (unpaired) electrons. The van der Waals surface area contributed by atoms with Crippen LogP contribution in [0.15, 0.2) is 0 Å². The summed E-state index contributed by atoms with van der Waals surface area (Å²) in [5, 5.41) is 14.5. The first kappa shape index (κ1) is 15.8. The predicted molar refractivity (Wildman–Crippen MR) is 74.0 cm³/mol. The molecule has 1 rings (SSSR count). The standard InChI is InChI=1S/C14H26N2O3/c1-4-5-10(8-12(17)18)15-13(19)16-11-6-7-14(2,3)9-11/h10-11H,4-9H2,1-3H3,(H,17,18)(H2,15,16,19). The molecule has 5 heteroatoms. The second kappa shape index (κ2) is 6.78. The summed E-state index contributed by atoms with van der Waals surface area (Å²) < 4.78 is 0. The van der Waals surface area contributed by atoms with Crippen molar-refractivity contribution in [3.05, 3.63) is 0 Å². The first-order valence-corrected chi connectivity index (χ1v) is 7.11. The number of rotatable bonds is 6. The van der Waals surface area contributed by atoms with Crippen LogP contribution in [0.3, 0.4) is 0 Å². The largest absolute Gasteiger partial charge is 0.481 e. The van der Waals surface area contributed by atoms with Gasteiger partial charge in [-0.15, -0.1) is 0 Å². The molecule has 0 spiro atoms. The van der Waals surface area contributed by atoms with Crippen molar-refractivity contribution in [2.24, 2.45) is 5.41 Å². The molecule has 2 unspecified atom stereocenters. The molecule has 2 atom stereocenters. The molecule has 110 valence electrons. The maximum atomic E-state index is 11.9. The molecule has 0 saturated heterocycles. The Bertz CT molecular complexity index is 329. The fraction of sp³-hybridized carbons (Fsp3) is 0.857. The molecule has 0 bridgehead atoms. The van der Waals surface area contributed by atoms with E-state index in [0.717, 1.165) is 25.7 Å². The maximum Gasteiger partial charge on any atom is 0.315 e. The van der Waals surface area contributed by atoms with Crippen LogP contribution in [-0.4, -0.2) is 29.2 Å². The summed E-state index contributed by atoms with van der Waals surface area (Å²) in [6.07, 6.45) is 4.63. The molecule has 1 fully saturated rings. The number of aliphatic carboxylic acids is 1. The third-order valence-electron chi connectivity index (χ3n) is 3.70. The highest BCUT2D eigenvalue weighted by Crippen LogP contribution is 2.36. The number of hydrogen-bond acceptors (Lipinski definition) is 2. The smallest absolute Gasteiger partial charge is 0.315 e. The molecule has 2 amide bonds. The molecule has 3 N–H and O–H groups in total. The Morgan fingerprint density at radius 3 is 2.58 bits per heavy atom. The minimum absolute atomic E-state index is 0.0164. The SMILES string of the molecule is CCCC(CC(=O)O)NC(=O)NC1CCC(C)(C)C1. The summed E-state index contributed by atoms with van der Waals surface area (Å²) in [5.41, 5.74) is 0.293. The van der Waals surface area contributed by atoms with Gasteiger partial charge in [0.25, 0.3) is 0 Å². The molecule has 5 nitrogen and oxygen atoms in total. The minimum atomic E-state index is -0.874. The number of urea groups is 1. The van der Waals surface area contributed by atoms with Crippen LogP contribution in [0.25, 0.3) is 0 Å². The lowest BCUT2D eigenvalue weighted by Crippen LogP contribution is -2.46. The van der Waals surface area contributed by atoms with E-state index in [9.17, 15) is 9.59 Å². The fourth-order valence-corrected chi connectivity index (χ4v) is 2.76. The third-order valence-corrected chi connectivity index (χ3v) is 3.70. The number of nitrogens with one attached hydrogen (secondary N) is 2. The van der Waals surface area contributed by atoms with E-state index in [1.54, 1.807) is 0 Å². The molecule has 1 aliphatic rings. The van der Waals surface area contributed by atoms with E-state index in [0.29, 0.717) is 11.8 Å². The Kier molecular flexibility index (Phi) is 5.63. The Morgan fingerprint density at radius 1 is 1.42 bits per heavy atom. The van der Waals surface area contributed by atoms with Crippen LogP contribution in [0.2, 0.25) is 0 Å². The van der Waals surface area contributed by atoms with Gasteiger partial charge >= 0.3 is 12.0 Å². The zero-order chi connectivity index (χ0) is 14.5. The van der Waals surface area contributed by atoms with Crippen LogP contribution < -0.4 is 10.6 Å². The van der Waals surface area contributed by atoms with Gasteiger partial charge in [0.1, 0.15) is 0 Å². The van der Waals surface area contributed by atoms with Gasteiger partial charge in [0.15, 0.2) is 0 Å². The number of amides is 2. The van der Waals surface area contributed by atoms with E-state index in [4.69, 9.17) is 5.11 Å². The normalized spacial score (nSPS) is 22.8. The molecular weight excluding hydrogens is 244 g/mol. The predicted octanol–water partition coefficient (Wildman–Crippen LogP) is 2.51. The molecule has 0 aliphatic heterocycles. The van der Waals surface area contributed by atoms with E-state index < -0.39 is 5.97 Å². The van der Waals surface area contributed by atoms with Crippen molar-refractivity contribution in [3.8, 4) is 0 Å². The highest BCUT2D eigenvalue weighted by atomic mass is 16.4. The molecule has 1 aliphatic carbocycles. The summed E-state index contributed by atoms with van der Waals surface area (Å²) in [7, 11) is 0.